The fourth-order valence-corrected chi connectivity index (χ4v) is 6.46. The summed E-state index contributed by atoms with van der Waals surface area (Å²) in [5.74, 6) is 0.0872. The molecule has 1 saturated carbocycles. The summed E-state index contributed by atoms with van der Waals surface area (Å²) in [7, 11) is 1.82. The molecule has 0 radical (unpaired) electrons. The SMILES string of the molecule is CN1C(=CC(=O)c2ccc(C#N)cc2)N(C2[C@H]3CN(C(=O)OC(C)(C)C)C[C@@H]23)C(=O)C1(c1ccncc1)c1ccncc1. The number of hydrogen-bond donors (Lipinski definition) is 0. The number of carbonyl (C=O) groups is 3. The Labute approximate surface area is 250 Å². The molecule has 6 rings (SSSR count). The van der Waals surface area contributed by atoms with Crippen LogP contribution in [0.1, 0.15) is 47.8 Å². The van der Waals surface area contributed by atoms with Crippen LogP contribution in [-0.2, 0) is 15.1 Å². The number of fused-ring (bicyclic) bond motifs is 1. The van der Waals surface area contributed by atoms with Crippen molar-refractivity contribution in [3.63, 3.8) is 0 Å². The van der Waals surface area contributed by atoms with Gasteiger partial charge in [0.25, 0.3) is 5.91 Å². The molecule has 218 valence electrons. The number of ketones is 1. The minimum absolute atomic E-state index is 0.0453. The average Bonchev–Trinajstić information content (AvgIpc) is 3.36. The quantitative estimate of drug-likeness (QED) is 0.331. The van der Waals surface area contributed by atoms with E-state index in [9.17, 15) is 19.6 Å². The molecule has 2 aliphatic heterocycles. The van der Waals surface area contributed by atoms with Crippen molar-refractivity contribution in [2.45, 2.75) is 38.0 Å². The molecule has 2 saturated heterocycles. The van der Waals surface area contributed by atoms with Gasteiger partial charge in [-0.2, -0.15) is 5.26 Å². The van der Waals surface area contributed by atoms with Crippen molar-refractivity contribution in [2.24, 2.45) is 11.8 Å². The highest BCUT2D eigenvalue weighted by Crippen LogP contribution is 2.56. The second-order valence-corrected chi connectivity index (χ2v) is 12.2. The highest BCUT2D eigenvalue weighted by molar-refractivity contribution is 6.06. The van der Waals surface area contributed by atoms with Crippen LogP contribution in [0.15, 0.2) is 85.2 Å². The summed E-state index contributed by atoms with van der Waals surface area (Å²) < 4.78 is 5.59. The maximum atomic E-state index is 14.9. The van der Waals surface area contributed by atoms with E-state index in [-0.39, 0.29) is 35.7 Å². The van der Waals surface area contributed by atoms with Crippen molar-refractivity contribution in [1.82, 2.24) is 24.7 Å². The smallest absolute Gasteiger partial charge is 0.410 e. The number of carbonyl (C=O) groups excluding carboxylic acids is 3. The summed E-state index contributed by atoms with van der Waals surface area (Å²) in [5, 5.41) is 9.19. The van der Waals surface area contributed by atoms with Crippen LogP contribution in [0.5, 0.6) is 0 Å². The molecule has 2 aromatic heterocycles. The first kappa shape index (κ1) is 28.1. The third kappa shape index (κ3) is 4.71. The third-order valence-corrected chi connectivity index (χ3v) is 8.48. The molecule has 0 bridgehead atoms. The molecule has 0 spiro atoms. The lowest BCUT2D eigenvalue weighted by atomic mass is 9.82. The Balaban J connectivity index is 1.42. The number of nitriles is 1. The fourth-order valence-electron chi connectivity index (χ4n) is 6.46. The van der Waals surface area contributed by atoms with Crippen molar-refractivity contribution in [1.29, 1.82) is 5.26 Å². The minimum Gasteiger partial charge on any atom is -0.444 e. The van der Waals surface area contributed by atoms with Crippen molar-refractivity contribution in [3.05, 3.63) is 107 Å². The number of pyridine rings is 2. The van der Waals surface area contributed by atoms with Crippen molar-refractivity contribution < 1.29 is 19.1 Å². The summed E-state index contributed by atoms with van der Waals surface area (Å²) in [6.07, 6.45) is 7.74. The van der Waals surface area contributed by atoms with Crippen LogP contribution in [0.2, 0.25) is 0 Å². The van der Waals surface area contributed by atoms with Gasteiger partial charge >= 0.3 is 6.09 Å². The van der Waals surface area contributed by atoms with Crippen LogP contribution in [-0.4, -0.2) is 74.2 Å². The van der Waals surface area contributed by atoms with E-state index >= 15 is 0 Å². The molecular weight excluding hydrogens is 544 g/mol. The Bertz CT molecular complexity index is 1590. The normalized spacial score (nSPS) is 23.2. The number of amides is 2. The number of rotatable bonds is 5. The van der Waals surface area contributed by atoms with Gasteiger partial charge in [-0.3, -0.25) is 24.5 Å². The predicted octanol–water partition coefficient (Wildman–Crippen LogP) is 3.96. The molecule has 3 atom stereocenters. The van der Waals surface area contributed by atoms with E-state index in [1.54, 1.807) is 58.9 Å². The monoisotopic (exact) mass is 576 g/mol. The Hall–Kier alpha value is -5.04. The van der Waals surface area contributed by atoms with Gasteiger partial charge in [-0.1, -0.05) is 0 Å². The number of ether oxygens (including phenoxy) is 1. The number of likely N-dealkylation sites (tertiary alicyclic amines) is 1. The molecule has 0 N–H and O–H groups in total. The summed E-state index contributed by atoms with van der Waals surface area (Å²) in [4.78, 5) is 55.0. The summed E-state index contributed by atoms with van der Waals surface area (Å²) in [6, 6.07) is 15.6. The van der Waals surface area contributed by atoms with E-state index in [0.717, 1.165) is 0 Å². The lowest BCUT2D eigenvalue weighted by molar-refractivity contribution is -0.132. The van der Waals surface area contributed by atoms with E-state index in [1.807, 2.05) is 57.0 Å². The van der Waals surface area contributed by atoms with Gasteiger partial charge in [0.1, 0.15) is 11.4 Å². The zero-order chi connectivity index (χ0) is 30.5. The van der Waals surface area contributed by atoms with Crippen LogP contribution in [0, 0.1) is 23.2 Å². The molecule has 10 heteroatoms. The maximum absolute atomic E-state index is 14.9. The standard InChI is InChI=1S/C33H32N6O4/c1-32(2,3)43-31(42)38-19-25-26(20-38)29(25)39-28(17-27(40)22-7-5-21(18-34)6-8-22)37(4)33(30(39)41,23-9-13-35-14-10-23)24-11-15-36-16-12-24/h5-17,25-26,29H,19-20H2,1-4H3/t25-,26+,29?. The number of hydrogen-bond acceptors (Lipinski definition) is 8. The van der Waals surface area contributed by atoms with Crippen LogP contribution < -0.4 is 0 Å². The second-order valence-electron chi connectivity index (χ2n) is 12.2. The topological polar surface area (TPSA) is 120 Å². The van der Waals surface area contributed by atoms with Crippen molar-refractivity contribution >= 4 is 17.8 Å². The number of benzene rings is 1. The Morgan fingerprint density at radius 2 is 1.49 bits per heavy atom. The van der Waals surface area contributed by atoms with Gasteiger partial charge in [-0.15, -0.1) is 0 Å². The zero-order valence-electron chi connectivity index (χ0n) is 24.5. The minimum atomic E-state index is -1.27. The Morgan fingerprint density at radius 3 is 1.98 bits per heavy atom. The summed E-state index contributed by atoms with van der Waals surface area (Å²) >= 11 is 0. The largest absolute Gasteiger partial charge is 0.444 e. The van der Waals surface area contributed by atoms with Gasteiger partial charge in [0.05, 0.1) is 11.6 Å². The second kappa shape index (κ2) is 10.3. The van der Waals surface area contributed by atoms with Crippen molar-refractivity contribution in [2.75, 3.05) is 20.1 Å². The number of likely N-dealkylation sites (N-methyl/N-ethyl adjacent to an activating group) is 1. The van der Waals surface area contributed by atoms with E-state index in [0.29, 0.717) is 41.2 Å². The first-order chi connectivity index (χ1) is 20.6. The lowest BCUT2D eigenvalue weighted by Gasteiger charge is -2.35. The first-order valence-electron chi connectivity index (χ1n) is 14.2. The molecule has 1 aliphatic carbocycles. The number of nitrogens with zero attached hydrogens (tertiary/aromatic N) is 6. The van der Waals surface area contributed by atoms with Gasteiger partial charge in [0, 0.05) is 74.4 Å². The van der Waals surface area contributed by atoms with Crippen LogP contribution in [0.4, 0.5) is 4.79 Å². The van der Waals surface area contributed by atoms with E-state index < -0.39 is 11.1 Å². The van der Waals surface area contributed by atoms with Crippen LogP contribution in [0.3, 0.4) is 0 Å². The highest BCUT2D eigenvalue weighted by Gasteiger charge is 2.67. The fraction of sp³-hybridized carbons (Fsp3) is 0.333. The molecule has 4 heterocycles. The van der Waals surface area contributed by atoms with Crippen molar-refractivity contribution in [3.8, 4) is 6.07 Å². The summed E-state index contributed by atoms with van der Waals surface area (Å²) in [5.41, 5.74) is 0.402. The van der Waals surface area contributed by atoms with Gasteiger partial charge in [-0.05, 0) is 80.4 Å². The molecule has 10 nitrogen and oxygen atoms in total. The Kier molecular flexibility index (Phi) is 6.76. The predicted molar refractivity (Wildman–Crippen MR) is 156 cm³/mol. The van der Waals surface area contributed by atoms with Crippen LogP contribution in [0.25, 0.3) is 0 Å². The van der Waals surface area contributed by atoms with E-state index in [4.69, 9.17) is 4.74 Å². The molecular formula is C33H32N6O4. The maximum Gasteiger partial charge on any atom is 0.410 e. The molecule has 3 aromatic rings. The molecule has 43 heavy (non-hydrogen) atoms. The first-order valence-corrected chi connectivity index (χ1v) is 14.2. The molecule has 1 unspecified atom stereocenters. The number of piperidine rings is 1. The van der Waals surface area contributed by atoms with Gasteiger partial charge < -0.3 is 14.5 Å². The molecule has 1 aromatic carbocycles. The molecule has 3 fully saturated rings. The zero-order valence-corrected chi connectivity index (χ0v) is 24.5. The van der Waals surface area contributed by atoms with Gasteiger partial charge in [0.15, 0.2) is 11.3 Å². The highest BCUT2D eigenvalue weighted by atomic mass is 16.6. The Morgan fingerprint density at radius 1 is 0.953 bits per heavy atom. The van der Waals surface area contributed by atoms with Crippen LogP contribution >= 0.6 is 0 Å². The number of allylic oxidation sites excluding steroid dienone is 1. The van der Waals surface area contributed by atoms with Gasteiger partial charge in [0.2, 0.25) is 0 Å². The third-order valence-electron chi connectivity index (χ3n) is 8.48. The van der Waals surface area contributed by atoms with Gasteiger partial charge in [-0.25, -0.2) is 4.79 Å². The average molecular weight is 577 g/mol. The molecule has 2 amide bonds. The summed E-state index contributed by atoms with van der Waals surface area (Å²) in [6.45, 7) is 6.44. The van der Waals surface area contributed by atoms with E-state index in [2.05, 4.69) is 16.0 Å². The van der Waals surface area contributed by atoms with E-state index in [1.165, 1.54) is 6.08 Å². The lowest BCUT2D eigenvalue weighted by Crippen LogP contribution is -2.46. The number of aromatic nitrogens is 2. The molecule has 3 aliphatic rings.